The van der Waals surface area contributed by atoms with Crippen molar-refractivity contribution in [1.82, 2.24) is 9.97 Å². The minimum atomic E-state index is 0.152. The maximum absolute atomic E-state index is 5.72. The van der Waals surface area contributed by atoms with Crippen LogP contribution in [0.3, 0.4) is 0 Å². The molecule has 122 valence electrons. The van der Waals surface area contributed by atoms with Gasteiger partial charge in [0.1, 0.15) is 0 Å². The van der Waals surface area contributed by atoms with Gasteiger partial charge in [-0.05, 0) is 43.2 Å². The number of thiocarbonyl (C=S) groups is 1. The Kier molecular flexibility index (Phi) is 4.49. The van der Waals surface area contributed by atoms with E-state index in [0.29, 0.717) is 5.69 Å². The zero-order valence-electron chi connectivity index (χ0n) is 14.1. The van der Waals surface area contributed by atoms with E-state index in [1.54, 1.807) is 6.20 Å². The van der Waals surface area contributed by atoms with Crippen molar-refractivity contribution in [3.05, 3.63) is 82.4 Å². The largest absolute Gasteiger partial charge is 0.397 e. The lowest BCUT2D eigenvalue weighted by Crippen LogP contribution is -2.04. The van der Waals surface area contributed by atoms with Crippen LogP contribution in [0.4, 0.5) is 5.69 Å². The van der Waals surface area contributed by atoms with Crippen molar-refractivity contribution in [2.24, 2.45) is 0 Å². The van der Waals surface area contributed by atoms with Crippen molar-refractivity contribution in [2.75, 3.05) is 5.73 Å². The molecule has 0 amide bonds. The fourth-order valence-electron chi connectivity index (χ4n) is 2.74. The van der Waals surface area contributed by atoms with E-state index in [4.69, 9.17) is 18.0 Å². The molecular weight excluding hydrogens is 314 g/mol. The van der Waals surface area contributed by atoms with Crippen LogP contribution < -0.4 is 5.73 Å². The van der Waals surface area contributed by atoms with E-state index < -0.39 is 0 Å². The maximum atomic E-state index is 5.72. The highest BCUT2D eigenvalue weighted by Gasteiger charge is 2.16. The molecule has 0 aliphatic rings. The van der Waals surface area contributed by atoms with Crippen molar-refractivity contribution in [3.63, 3.8) is 0 Å². The summed E-state index contributed by atoms with van der Waals surface area (Å²) < 4.78 is 0. The predicted molar refractivity (Wildman–Crippen MR) is 104 cm³/mol. The Bertz CT molecular complexity index is 861. The number of nitrogens with zero attached hydrogens (tertiary/aromatic N) is 1. The summed E-state index contributed by atoms with van der Waals surface area (Å²) in [5.41, 5.74) is 12.9. The first-order valence-electron chi connectivity index (χ1n) is 7.98. The maximum Gasteiger partial charge on any atom is 0.0687 e. The molecule has 1 unspecified atom stereocenters. The highest BCUT2D eigenvalue weighted by atomic mass is 32.1. The number of nitrogens with one attached hydrogen (secondary N) is 1. The summed E-state index contributed by atoms with van der Waals surface area (Å²) in [5.74, 6) is 0.152. The van der Waals surface area contributed by atoms with Crippen molar-refractivity contribution in [2.45, 2.75) is 26.7 Å². The van der Waals surface area contributed by atoms with E-state index in [-0.39, 0.29) is 5.92 Å². The number of benzene rings is 1. The van der Waals surface area contributed by atoms with Gasteiger partial charge in [0.15, 0.2) is 0 Å². The van der Waals surface area contributed by atoms with Gasteiger partial charge >= 0.3 is 0 Å². The molecule has 0 aliphatic heterocycles. The molecule has 3 rings (SSSR count). The Morgan fingerprint density at radius 3 is 2.46 bits per heavy atom. The number of H-pyrrole nitrogens is 1. The van der Waals surface area contributed by atoms with Gasteiger partial charge in [0.25, 0.3) is 0 Å². The Balaban J connectivity index is 1.90. The average molecular weight is 335 g/mol. The van der Waals surface area contributed by atoms with Crippen LogP contribution in [0.1, 0.15) is 46.6 Å². The molecule has 24 heavy (non-hydrogen) atoms. The number of hydrogen-bond acceptors (Lipinski definition) is 3. The summed E-state index contributed by atoms with van der Waals surface area (Å²) in [6, 6.07) is 14.3. The molecule has 2 aromatic heterocycles. The van der Waals surface area contributed by atoms with Gasteiger partial charge in [-0.2, -0.15) is 0 Å². The molecule has 3 aromatic rings. The monoisotopic (exact) mass is 335 g/mol. The van der Waals surface area contributed by atoms with E-state index in [1.807, 2.05) is 12.1 Å². The number of aryl methyl sites for hydroxylation is 2. The van der Waals surface area contributed by atoms with Crippen molar-refractivity contribution < 1.29 is 0 Å². The molecule has 1 atom stereocenters. The molecule has 0 bridgehead atoms. The number of aromatic amines is 1. The lowest BCUT2D eigenvalue weighted by atomic mass is 10.0. The number of rotatable bonds is 4. The van der Waals surface area contributed by atoms with Crippen molar-refractivity contribution in [3.8, 4) is 0 Å². The molecule has 2 heterocycles. The minimum Gasteiger partial charge on any atom is -0.397 e. The Hall–Kier alpha value is -2.46. The highest BCUT2D eigenvalue weighted by Crippen LogP contribution is 2.26. The van der Waals surface area contributed by atoms with Crippen LogP contribution in [0.15, 0.2) is 48.7 Å². The highest BCUT2D eigenvalue weighted by molar-refractivity contribution is 7.81. The molecule has 0 saturated carbocycles. The molecule has 3 nitrogen and oxygen atoms in total. The zero-order valence-corrected chi connectivity index (χ0v) is 14.9. The Morgan fingerprint density at radius 2 is 1.83 bits per heavy atom. The number of aromatic nitrogens is 2. The third-order valence-electron chi connectivity index (χ3n) is 4.30. The SMILES string of the molecule is Cc1ccc(C(=S)c2[nH]c(C(C)c3ccc(N)cn3)cc2C)cc1. The van der Waals surface area contributed by atoms with E-state index in [0.717, 1.165) is 33.1 Å². The van der Waals surface area contributed by atoms with Gasteiger partial charge in [-0.3, -0.25) is 4.98 Å². The third kappa shape index (κ3) is 3.24. The zero-order chi connectivity index (χ0) is 17.3. The topological polar surface area (TPSA) is 54.7 Å². The number of pyridine rings is 1. The summed E-state index contributed by atoms with van der Waals surface area (Å²) in [4.78, 5) is 8.77. The molecule has 0 aliphatic carbocycles. The van der Waals surface area contributed by atoms with Gasteiger partial charge in [0.2, 0.25) is 0 Å². The second kappa shape index (κ2) is 6.57. The third-order valence-corrected chi connectivity index (χ3v) is 4.74. The van der Waals surface area contributed by atoms with Gasteiger partial charge in [-0.25, -0.2) is 0 Å². The van der Waals surface area contributed by atoms with E-state index in [1.165, 1.54) is 5.56 Å². The van der Waals surface area contributed by atoms with Crippen LogP contribution in [0.5, 0.6) is 0 Å². The minimum absolute atomic E-state index is 0.152. The van der Waals surface area contributed by atoms with Gasteiger partial charge in [0.05, 0.1) is 22.4 Å². The lowest BCUT2D eigenvalue weighted by Gasteiger charge is -2.09. The molecule has 3 N–H and O–H groups in total. The molecule has 4 heteroatoms. The summed E-state index contributed by atoms with van der Waals surface area (Å²) in [6.07, 6.45) is 1.69. The normalized spacial score (nSPS) is 12.1. The second-order valence-electron chi connectivity index (χ2n) is 6.22. The first-order valence-corrected chi connectivity index (χ1v) is 8.39. The predicted octanol–water partition coefficient (Wildman–Crippen LogP) is 4.53. The summed E-state index contributed by atoms with van der Waals surface area (Å²) >= 11 is 5.69. The van der Waals surface area contributed by atoms with Gasteiger partial charge in [0, 0.05) is 17.3 Å². The van der Waals surface area contributed by atoms with Crippen LogP contribution in [0.2, 0.25) is 0 Å². The smallest absolute Gasteiger partial charge is 0.0687 e. The fourth-order valence-corrected chi connectivity index (χ4v) is 3.08. The number of nitrogens with two attached hydrogens (primary N) is 1. The first-order chi connectivity index (χ1) is 11.5. The fraction of sp³-hybridized carbons (Fsp3) is 0.200. The van der Waals surface area contributed by atoms with Crippen molar-refractivity contribution >= 4 is 22.8 Å². The molecular formula is C20H21N3S. The first kappa shape index (κ1) is 16.4. The van der Waals surface area contributed by atoms with E-state index >= 15 is 0 Å². The Morgan fingerprint density at radius 1 is 1.12 bits per heavy atom. The molecule has 0 spiro atoms. The van der Waals surface area contributed by atoms with Crippen LogP contribution in [0.25, 0.3) is 0 Å². The molecule has 0 radical (unpaired) electrons. The van der Waals surface area contributed by atoms with Crippen LogP contribution in [-0.2, 0) is 0 Å². The quantitative estimate of drug-likeness (QED) is 0.544. The van der Waals surface area contributed by atoms with Crippen molar-refractivity contribution in [1.29, 1.82) is 0 Å². The summed E-state index contributed by atoms with van der Waals surface area (Å²) in [5, 5.41) is 0. The van der Waals surface area contributed by atoms with Crippen LogP contribution in [-0.4, -0.2) is 14.8 Å². The summed E-state index contributed by atoms with van der Waals surface area (Å²) in [7, 11) is 0. The van der Waals surface area contributed by atoms with Gasteiger partial charge < -0.3 is 10.7 Å². The summed E-state index contributed by atoms with van der Waals surface area (Å²) in [6.45, 7) is 6.29. The molecule has 0 saturated heterocycles. The lowest BCUT2D eigenvalue weighted by molar-refractivity contribution is 0.841. The molecule has 1 aromatic carbocycles. The Labute approximate surface area is 147 Å². The number of nitrogen functional groups attached to an aromatic ring is 1. The van der Waals surface area contributed by atoms with Gasteiger partial charge in [-0.1, -0.05) is 49.0 Å². The van der Waals surface area contributed by atoms with E-state index in [2.05, 4.69) is 61.1 Å². The van der Waals surface area contributed by atoms with Crippen LogP contribution >= 0.6 is 12.2 Å². The standard InChI is InChI=1S/C20H21N3S/c1-12-4-6-15(7-5-12)20(24)19-13(2)10-18(23-19)14(3)17-9-8-16(21)11-22-17/h4-11,14,23H,21H2,1-3H3. The second-order valence-corrected chi connectivity index (χ2v) is 6.62. The number of anilines is 1. The van der Waals surface area contributed by atoms with Gasteiger partial charge in [-0.15, -0.1) is 0 Å². The van der Waals surface area contributed by atoms with E-state index in [9.17, 15) is 0 Å². The number of hydrogen-bond donors (Lipinski definition) is 2. The average Bonchev–Trinajstić information content (AvgIpc) is 2.97. The molecule has 0 fully saturated rings. The van der Waals surface area contributed by atoms with Crippen LogP contribution in [0, 0.1) is 13.8 Å².